The van der Waals surface area contributed by atoms with Crippen LogP contribution in [0.15, 0.2) is 18.3 Å². The zero-order chi connectivity index (χ0) is 10.2. The van der Waals surface area contributed by atoms with Crippen LogP contribution >= 0.6 is 11.6 Å². The number of primary amides is 1. The molecule has 1 amide bonds. The molecule has 14 heavy (non-hydrogen) atoms. The second kappa shape index (κ2) is 3.13. The molecule has 1 saturated carbocycles. The molecule has 1 heterocycles. The average molecular weight is 213 g/mol. The lowest BCUT2D eigenvalue weighted by Gasteiger charge is -2.15. The van der Waals surface area contributed by atoms with Crippen LogP contribution < -0.4 is 5.73 Å². The Hall–Kier alpha value is -1.29. The number of nitrogens with two attached hydrogens (primary N) is 1. The Morgan fingerprint density at radius 3 is 2.86 bits per heavy atom. The molecule has 1 fully saturated rings. The molecule has 2 N–H and O–H groups in total. The monoisotopic (exact) mass is 212 g/mol. The molecule has 0 unspecified atom stereocenters. The average Bonchev–Trinajstić information content (AvgIpc) is 2.85. The molecule has 74 valence electrons. The van der Waals surface area contributed by atoms with Gasteiger partial charge in [0.1, 0.15) is 10.8 Å². The molecular formula is C9H9ClN2O2. The molecule has 0 aliphatic heterocycles. The molecule has 1 aromatic heterocycles. The number of nitrogens with zero attached hydrogens (tertiary/aromatic N) is 1. The molecule has 2 rings (SSSR count). The van der Waals surface area contributed by atoms with E-state index in [4.69, 9.17) is 22.1 Å². The lowest BCUT2D eigenvalue weighted by Crippen LogP contribution is -2.22. The minimum Gasteiger partial charge on any atom is -0.438 e. The Morgan fingerprint density at radius 2 is 2.36 bits per heavy atom. The van der Waals surface area contributed by atoms with Crippen molar-refractivity contribution < 1.29 is 9.53 Å². The first-order valence-corrected chi connectivity index (χ1v) is 4.61. The van der Waals surface area contributed by atoms with Crippen molar-refractivity contribution in [1.82, 2.24) is 4.98 Å². The summed E-state index contributed by atoms with van der Waals surface area (Å²) in [6.45, 7) is 0. The van der Waals surface area contributed by atoms with E-state index >= 15 is 0 Å². The Balaban J connectivity index is 2.31. The highest BCUT2D eigenvalue weighted by molar-refractivity contribution is 6.30. The van der Waals surface area contributed by atoms with Crippen LogP contribution in [0.3, 0.4) is 0 Å². The number of rotatable bonds is 2. The third kappa shape index (κ3) is 1.53. The maximum atomic E-state index is 10.7. The van der Waals surface area contributed by atoms with Gasteiger partial charge in [0.2, 0.25) is 0 Å². The van der Waals surface area contributed by atoms with Crippen LogP contribution in [0.4, 0.5) is 4.79 Å². The molecule has 1 aliphatic carbocycles. The van der Waals surface area contributed by atoms with Crippen molar-refractivity contribution >= 4 is 17.7 Å². The largest absolute Gasteiger partial charge is 0.438 e. The number of ether oxygens (including phenoxy) is 1. The zero-order valence-corrected chi connectivity index (χ0v) is 8.12. The minimum atomic E-state index is -0.776. The highest BCUT2D eigenvalue weighted by Gasteiger charge is 2.49. The van der Waals surface area contributed by atoms with E-state index in [1.165, 1.54) is 0 Å². The van der Waals surface area contributed by atoms with Crippen molar-refractivity contribution in [1.29, 1.82) is 0 Å². The van der Waals surface area contributed by atoms with Gasteiger partial charge in [-0.1, -0.05) is 17.7 Å². The normalized spacial score (nSPS) is 17.5. The van der Waals surface area contributed by atoms with Gasteiger partial charge >= 0.3 is 6.09 Å². The number of carbonyl (C=O) groups excluding carboxylic acids is 1. The van der Waals surface area contributed by atoms with E-state index in [-0.39, 0.29) is 0 Å². The Bertz CT molecular complexity index is 377. The third-order valence-corrected chi connectivity index (χ3v) is 2.55. The summed E-state index contributed by atoms with van der Waals surface area (Å²) in [5.74, 6) is 0. The van der Waals surface area contributed by atoms with Gasteiger partial charge in [0.05, 0.1) is 0 Å². The van der Waals surface area contributed by atoms with Gasteiger partial charge in [0.15, 0.2) is 0 Å². The number of pyridine rings is 1. The highest BCUT2D eigenvalue weighted by Crippen LogP contribution is 2.50. The molecular weight excluding hydrogens is 204 g/mol. The van der Waals surface area contributed by atoms with E-state index in [0.29, 0.717) is 5.15 Å². The molecule has 0 spiro atoms. The van der Waals surface area contributed by atoms with Crippen molar-refractivity contribution in [3.8, 4) is 0 Å². The highest BCUT2D eigenvalue weighted by atomic mass is 35.5. The maximum absolute atomic E-state index is 10.7. The van der Waals surface area contributed by atoms with E-state index in [0.717, 1.165) is 18.4 Å². The molecule has 4 nitrogen and oxygen atoms in total. The zero-order valence-electron chi connectivity index (χ0n) is 7.37. The molecule has 0 saturated heterocycles. The lowest BCUT2D eigenvalue weighted by molar-refractivity contribution is 0.0898. The second-order valence-corrected chi connectivity index (χ2v) is 3.62. The summed E-state index contributed by atoms with van der Waals surface area (Å²) in [4.78, 5) is 14.6. The molecule has 0 atom stereocenters. The SMILES string of the molecule is NC(=O)OC1(c2cccnc2Cl)CC1. The second-order valence-electron chi connectivity index (χ2n) is 3.26. The summed E-state index contributed by atoms with van der Waals surface area (Å²) in [5, 5.41) is 0.367. The number of amides is 1. The van der Waals surface area contributed by atoms with Crippen LogP contribution in [0.1, 0.15) is 18.4 Å². The van der Waals surface area contributed by atoms with Gasteiger partial charge in [-0.15, -0.1) is 0 Å². The van der Waals surface area contributed by atoms with Crippen molar-refractivity contribution in [2.75, 3.05) is 0 Å². The summed E-state index contributed by atoms with van der Waals surface area (Å²) < 4.78 is 5.03. The van der Waals surface area contributed by atoms with Crippen molar-refractivity contribution in [2.24, 2.45) is 5.73 Å². The molecule has 0 aromatic carbocycles. The number of halogens is 1. The number of hydrogen-bond donors (Lipinski definition) is 1. The van der Waals surface area contributed by atoms with E-state index in [2.05, 4.69) is 4.98 Å². The summed E-state index contributed by atoms with van der Waals surface area (Å²) in [6.07, 6.45) is 2.32. The molecule has 1 aliphatic rings. The van der Waals surface area contributed by atoms with E-state index in [1.54, 1.807) is 18.3 Å². The van der Waals surface area contributed by atoms with Gasteiger partial charge in [0, 0.05) is 11.8 Å². The fourth-order valence-electron chi connectivity index (χ4n) is 1.46. The third-order valence-electron chi connectivity index (χ3n) is 2.25. The molecule has 0 bridgehead atoms. The number of carbonyl (C=O) groups is 1. The van der Waals surface area contributed by atoms with Gasteiger partial charge in [0.25, 0.3) is 0 Å². The van der Waals surface area contributed by atoms with Crippen molar-refractivity contribution in [2.45, 2.75) is 18.4 Å². The van der Waals surface area contributed by atoms with Crippen LogP contribution in [0.5, 0.6) is 0 Å². The van der Waals surface area contributed by atoms with Gasteiger partial charge < -0.3 is 10.5 Å². The fraction of sp³-hybridized carbons (Fsp3) is 0.333. The Kier molecular flexibility index (Phi) is 2.07. The van der Waals surface area contributed by atoms with Crippen molar-refractivity contribution in [3.05, 3.63) is 29.0 Å². The predicted molar refractivity (Wildman–Crippen MR) is 50.8 cm³/mol. The first-order valence-electron chi connectivity index (χ1n) is 4.23. The predicted octanol–water partition coefficient (Wildman–Crippen LogP) is 1.82. The lowest BCUT2D eigenvalue weighted by atomic mass is 10.1. The summed E-state index contributed by atoms with van der Waals surface area (Å²) >= 11 is 5.89. The van der Waals surface area contributed by atoms with Crippen LogP contribution in [0.2, 0.25) is 5.15 Å². The van der Waals surface area contributed by atoms with Gasteiger partial charge in [-0.25, -0.2) is 9.78 Å². The number of hydrogen-bond acceptors (Lipinski definition) is 3. The smallest absolute Gasteiger partial charge is 0.405 e. The van der Waals surface area contributed by atoms with Crippen molar-refractivity contribution in [3.63, 3.8) is 0 Å². The first kappa shape index (κ1) is 9.27. The van der Waals surface area contributed by atoms with Gasteiger partial charge in [-0.05, 0) is 18.9 Å². The fourth-order valence-corrected chi connectivity index (χ4v) is 1.75. The molecule has 0 radical (unpaired) electrons. The quantitative estimate of drug-likeness (QED) is 0.761. The summed E-state index contributed by atoms with van der Waals surface area (Å²) in [7, 11) is 0. The Labute approximate surface area is 86.0 Å². The number of aromatic nitrogens is 1. The van der Waals surface area contributed by atoms with Gasteiger partial charge in [-0.2, -0.15) is 0 Å². The standard InChI is InChI=1S/C9H9ClN2O2/c10-7-6(2-1-5-12-7)9(3-4-9)14-8(11)13/h1-2,5H,3-4H2,(H2,11,13). The first-order chi connectivity index (χ1) is 6.64. The minimum absolute atomic E-state index is 0.367. The van der Waals surface area contributed by atoms with E-state index in [9.17, 15) is 4.79 Å². The summed E-state index contributed by atoms with van der Waals surface area (Å²) in [6, 6.07) is 3.55. The maximum Gasteiger partial charge on any atom is 0.405 e. The topological polar surface area (TPSA) is 65.2 Å². The Morgan fingerprint density at radius 1 is 1.64 bits per heavy atom. The van der Waals surface area contributed by atoms with Crippen LogP contribution in [-0.4, -0.2) is 11.1 Å². The van der Waals surface area contributed by atoms with E-state index < -0.39 is 11.7 Å². The summed E-state index contributed by atoms with van der Waals surface area (Å²) in [5.41, 5.74) is 5.10. The van der Waals surface area contributed by atoms with E-state index in [1.807, 2.05) is 0 Å². The van der Waals surface area contributed by atoms with Crippen LogP contribution in [0.25, 0.3) is 0 Å². The molecule has 5 heteroatoms. The van der Waals surface area contributed by atoms with Crippen LogP contribution in [-0.2, 0) is 10.3 Å². The van der Waals surface area contributed by atoms with Crippen LogP contribution in [0, 0.1) is 0 Å². The molecule has 1 aromatic rings. The van der Waals surface area contributed by atoms with Gasteiger partial charge in [-0.3, -0.25) is 0 Å².